The molecule has 1 saturated heterocycles. The number of aromatic amines is 1. The van der Waals surface area contributed by atoms with Gasteiger partial charge in [0.05, 0.1) is 11.3 Å². The van der Waals surface area contributed by atoms with Crippen LogP contribution < -0.4 is 10.5 Å². The van der Waals surface area contributed by atoms with Crippen molar-refractivity contribution >= 4 is 11.5 Å². The van der Waals surface area contributed by atoms with E-state index in [4.69, 9.17) is 0 Å². The first-order valence-electron chi connectivity index (χ1n) is 7.66. The molecule has 1 aromatic carbocycles. The molecule has 1 aliphatic heterocycles. The lowest BCUT2D eigenvalue weighted by Crippen LogP contribution is -2.36. The second-order valence-electron chi connectivity index (χ2n) is 5.78. The highest BCUT2D eigenvalue weighted by Gasteiger charge is 2.28. The lowest BCUT2D eigenvalue weighted by atomic mass is 9.90. The molecule has 0 radical (unpaired) electrons. The minimum absolute atomic E-state index is 0.178. The van der Waals surface area contributed by atoms with Gasteiger partial charge in [-0.25, -0.2) is 4.98 Å². The Balaban J connectivity index is 1.69. The predicted octanol–water partition coefficient (Wildman–Crippen LogP) is 2.14. The van der Waals surface area contributed by atoms with Gasteiger partial charge < -0.3 is 9.88 Å². The number of nitro groups is 1. The fraction of sp³-hybridized carbons (Fsp3) is 0.375. The number of nitrogens with one attached hydrogen (secondary N) is 1. The van der Waals surface area contributed by atoms with Crippen molar-refractivity contribution in [3.05, 3.63) is 62.7 Å². The van der Waals surface area contributed by atoms with Crippen LogP contribution in [0.25, 0.3) is 0 Å². The lowest BCUT2D eigenvalue weighted by Gasteiger charge is -2.32. The number of H-pyrrole nitrogens is 1. The monoisotopic (exact) mass is 314 g/mol. The SMILES string of the molecule is O=c1[nH]cnc(N2CCC(Cc3ccccc3)CC2)c1[N+](=O)[O-]. The quantitative estimate of drug-likeness (QED) is 0.689. The van der Waals surface area contributed by atoms with Crippen molar-refractivity contribution in [3.8, 4) is 0 Å². The molecule has 0 bridgehead atoms. The van der Waals surface area contributed by atoms with Gasteiger partial charge >= 0.3 is 11.2 Å². The fourth-order valence-corrected chi connectivity index (χ4v) is 3.08. The van der Waals surface area contributed by atoms with Crippen LogP contribution in [0, 0.1) is 16.0 Å². The Kier molecular flexibility index (Phi) is 4.36. The minimum Gasteiger partial charge on any atom is -0.351 e. The van der Waals surface area contributed by atoms with Crippen LogP contribution >= 0.6 is 0 Å². The van der Waals surface area contributed by atoms with E-state index in [9.17, 15) is 14.9 Å². The molecule has 7 heteroatoms. The Morgan fingerprint density at radius 3 is 2.61 bits per heavy atom. The summed E-state index contributed by atoms with van der Waals surface area (Å²) < 4.78 is 0. The molecule has 1 N–H and O–H groups in total. The van der Waals surface area contributed by atoms with Crippen molar-refractivity contribution in [3.63, 3.8) is 0 Å². The van der Waals surface area contributed by atoms with Crippen molar-refractivity contribution in [1.82, 2.24) is 9.97 Å². The second kappa shape index (κ2) is 6.60. The average Bonchev–Trinajstić information content (AvgIpc) is 2.56. The summed E-state index contributed by atoms with van der Waals surface area (Å²) in [5.41, 5.74) is 0.145. The number of aromatic nitrogens is 2. The third-order valence-electron chi connectivity index (χ3n) is 4.27. The van der Waals surface area contributed by atoms with E-state index in [0.717, 1.165) is 19.3 Å². The predicted molar refractivity (Wildman–Crippen MR) is 86.6 cm³/mol. The van der Waals surface area contributed by atoms with Crippen LogP contribution in [0.5, 0.6) is 0 Å². The van der Waals surface area contributed by atoms with Gasteiger partial charge in [0, 0.05) is 13.1 Å². The van der Waals surface area contributed by atoms with Crippen LogP contribution in [0.15, 0.2) is 41.5 Å². The molecule has 1 aromatic heterocycles. The van der Waals surface area contributed by atoms with E-state index < -0.39 is 16.2 Å². The summed E-state index contributed by atoms with van der Waals surface area (Å²) in [6, 6.07) is 10.3. The van der Waals surface area contributed by atoms with Crippen molar-refractivity contribution in [2.45, 2.75) is 19.3 Å². The van der Waals surface area contributed by atoms with E-state index in [-0.39, 0.29) is 5.82 Å². The Labute approximate surface area is 133 Å². The molecule has 2 heterocycles. The summed E-state index contributed by atoms with van der Waals surface area (Å²) in [4.78, 5) is 30.3. The maximum absolute atomic E-state index is 11.7. The molecule has 3 rings (SSSR count). The van der Waals surface area contributed by atoms with Crippen molar-refractivity contribution in [1.29, 1.82) is 0 Å². The van der Waals surface area contributed by atoms with Crippen molar-refractivity contribution < 1.29 is 4.92 Å². The highest BCUT2D eigenvalue weighted by atomic mass is 16.6. The van der Waals surface area contributed by atoms with Gasteiger partial charge in [0.15, 0.2) is 0 Å². The maximum atomic E-state index is 11.7. The summed E-state index contributed by atoms with van der Waals surface area (Å²) in [6.07, 6.45) is 4.10. The molecule has 0 atom stereocenters. The van der Waals surface area contributed by atoms with E-state index >= 15 is 0 Å². The van der Waals surface area contributed by atoms with Gasteiger partial charge in [-0.1, -0.05) is 30.3 Å². The highest BCUT2D eigenvalue weighted by molar-refractivity contribution is 5.56. The van der Waals surface area contributed by atoms with Crippen molar-refractivity contribution in [2.75, 3.05) is 18.0 Å². The van der Waals surface area contributed by atoms with Gasteiger partial charge in [-0.05, 0) is 30.7 Å². The summed E-state index contributed by atoms with van der Waals surface area (Å²) in [5.74, 6) is 0.728. The molecule has 120 valence electrons. The van der Waals surface area contributed by atoms with Gasteiger partial charge in [0.2, 0.25) is 5.82 Å². The number of anilines is 1. The number of piperidine rings is 1. The first-order chi connectivity index (χ1) is 11.1. The average molecular weight is 314 g/mol. The fourth-order valence-electron chi connectivity index (χ4n) is 3.08. The molecule has 0 unspecified atom stereocenters. The Morgan fingerprint density at radius 2 is 1.96 bits per heavy atom. The molecular formula is C16H18N4O3. The third kappa shape index (κ3) is 3.39. The molecule has 0 spiro atoms. The number of rotatable bonds is 4. The van der Waals surface area contributed by atoms with Gasteiger partial charge in [-0.2, -0.15) is 0 Å². The normalized spacial score (nSPS) is 15.6. The van der Waals surface area contributed by atoms with Crippen LogP contribution in [0.4, 0.5) is 11.5 Å². The zero-order chi connectivity index (χ0) is 16.2. The van der Waals surface area contributed by atoms with Crippen LogP contribution in [0.2, 0.25) is 0 Å². The first-order valence-corrected chi connectivity index (χ1v) is 7.66. The van der Waals surface area contributed by atoms with Crippen LogP contribution in [-0.4, -0.2) is 28.0 Å². The molecule has 2 aromatic rings. The van der Waals surface area contributed by atoms with Gasteiger partial charge in [0.1, 0.15) is 0 Å². The Morgan fingerprint density at radius 1 is 1.26 bits per heavy atom. The zero-order valence-electron chi connectivity index (χ0n) is 12.6. The number of hydrogen-bond donors (Lipinski definition) is 1. The first kappa shape index (κ1) is 15.2. The van der Waals surface area contributed by atoms with Gasteiger partial charge in [-0.15, -0.1) is 0 Å². The lowest BCUT2D eigenvalue weighted by molar-refractivity contribution is -0.385. The Bertz CT molecular complexity index is 736. The number of hydrogen-bond acceptors (Lipinski definition) is 5. The molecule has 7 nitrogen and oxygen atoms in total. The topological polar surface area (TPSA) is 92.1 Å². The summed E-state index contributed by atoms with van der Waals surface area (Å²) in [6.45, 7) is 1.35. The van der Waals surface area contributed by atoms with E-state index in [2.05, 4.69) is 22.1 Å². The van der Waals surface area contributed by atoms with Crippen molar-refractivity contribution in [2.24, 2.45) is 5.92 Å². The highest BCUT2D eigenvalue weighted by Crippen LogP contribution is 2.28. The molecule has 1 fully saturated rings. The van der Waals surface area contributed by atoms with Crippen LogP contribution in [0.3, 0.4) is 0 Å². The van der Waals surface area contributed by atoms with Crippen LogP contribution in [-0.2, 0) is 6.42 Å². The molecule has 0 saturated carbocycles. The van der Waals surface area contributed by atoms with E-state index in [1.54, 1.807) is 0 Å². The second-order valence-corrected chi connectivity index (χ2v) is 5.78. The largest absolute Gasteiger partial charge is 0.375 e. The third-order valence-corrected chi connectivity index (χ3v) is 4.27. The van der Waals surface area contributed by atoms with Gasteiger partial charge in [-0.3, -0.25) is 14.9 Å². The molecule has 1 aliphatic rings. The molecule has 0 amide bonds. The van der Waals surface area contributed by atoms with Crippen LogP contribution in [0.1, 0.15) is 18.4 Å². The Hall–Kier alpha value is -2.70. The number of nitrogens with zero attached hydrogens (tertiary/aromatic N) is 3. The minimum atomic E-state index is -0.702. The summed E-state index contributed by atoms with van der Waals surface area (Å²) in [7, 11) is 0. The van der Waals surface area contributed by atoms with E-state index in [1.165, 1.54) is 11.9 Å². The van der Waals surface area contributed by atoms with E-state index in [0.29, 0.717) is 19.0 Å². The molecule has 0 aliphatic carbocycles. The van der Waals surface area contributed by atoms with E-state index in [1.807, 2.05) is 23.1 Å². The standard InChI is InChI=1S/C16H18N4O3/c21-16-14(20(22)23)15(17-11-18-16)19-8-6-13(7-9-19)10-12-4-2-1-3-5-12/h1-5,11,13H,6-10H2,(H,17,18,21). The van der Waals surface area contributed by atoms with Gasteiger partial charge in [0.25, 0.3) is 0 Å². The summed E-state index contributed by atoms with van der Waals surface area (Å²) >= 11 is 0. The molecule has 23 heavy (non-hydrogen) atoms. The molecular weight excluding hydrogens is 296 g/mol. The summed E-state index contributed by atoms with van der Waals surface area (Å²) in [5, 5.41) is 11.1. The maximum Gasteiger partial charge on any atom is 0.375 e. The number of benzene rings is 1. The zero-order valence-corrected chi connectivity index (χ0v) is 12.6. The smallest absolute Gasteiger partial charge is 0.351 e.